The lowest BCUT2D eigenvalue weighted by molar-refractivity contribution is 0.565. The predicted octanol–water partition coefficient (Wildman–Crippen LogP) is 2.62. The van der Waals surface area contributed by atoms with Gasteiger partial charge in [0, 0.05) is 5.57 Å². The first-order valence-corrected chi connectivity index (χ1v) is 3.40. The van der Waals surface area contributed by atoms with Crippen LogP contribution in [0.4, 0.5) is 0 Å². The van der Waals surface area contributed by atoms with Crippen LogP contribution in [0, 0.1) is 0 Å². The van der Waals surface area contributed by atoms with Crippen LogP contribution in [0.25, 0.3) is 0 Å². The molecule has 0 aromatic heterocycles. The average Bonchev–Trinajstić information content (AvgIpc) is 1.64. The summed E-state index contributed by atoms with van der Waals surface area (Å²) >= 11 is 4.59. The standard InChI is InChI=1S/C7H12OS/c1-4-6(5(2)3)7(8)9/h4H2,1-3H3,(H,8,9). The van der Waals surface area contributed by atoms with Gasteiger partial charge in [-0.3, -0.25) is 0 Å². The Morgan fingerprint density at radius 2 is 1.89 bits per heavy atom. The molecular weight excluding hydrogens is 132 g/mol. The summed E-state index contributed by atoms with van der Waals surface area (Å²) in [6.45, 7) is 5.87. The number of aliphatic hydroxyl groups is 1. The highest BCUT2D eigenvalue weighted by molar-refractivity contribution is 7.80. The summed E-state index contributed by atoms with van der Waals surface area (Å²) in [6, 6.07) is 0. The van der Waals surface area contributed by atoms with Gasteiger partial charge in [-0.05, 0) is 32.5 Å². The molecule has 0 unspecified atom stereocenters. The van der Waals surface area contributed by atoms with Crippen molar-refractivity contribution in [3.05, 3.63) is 11.1 Å². The van der Waals surface area contributed by atoms with Crippen molar-refractivity contribution in [3.63, 3.8) is 0 Å². The van der Waals surface area contributed by atoms with Crippen molar-refractivity contribution in [2.75, 3.05) is 0 Å². The van der Waals surface area contributed by atoms with Gasteiger partial charge < -0.3 is 5.11 Å². The second-order valence-electron chi connectivity index (χ2n) is 2.14. The molecule has 0 saturated carbocycles. The van der Waals surface area contributed by atoms with Crippen molar-refractivity contribution >= 4 is 17.3 Å². The second-order valence-corrected chi connectivity index (χ2v) is 2.52. The molecular formula is C7H12OS. The van der Waals surface area contributed by atoms with Gasteiger partial charge in [0.1, 0.15) is 0 Å². The van der Waals surface area contributed by atoms with Gasteiger partial charge in [0.15, 0.2) is 5.05 Å². The third-order valence-electron chi connectivity index (χ3n) is 1.22. The van der Waals surface area contributed by atoms with Crippen molar-refractivity contribution < 1.29 is 5.11 Å². The third kappa shape index (κ3) is 2.61. The van der Waals surface area contributed by atoms with Gasteiger partial charge >= 0.3 is 0 Å². The summed E-state index contributed by atoms with van der Waals surface area (Å²) in [5.74, 6) is 0. The monoisotopic (exact) mass is 144 g/mol. The lowest BCUT2D eigenvalue weighted by atomic mass is 10.1. The Hall–Kier alpha value is -0.370. The predicted molar refractivity (Wildman–Crippen MR) is 43.9 cm³/mol. The van der Waals surface area contributed by atoms with Crippen molar-refractivity contribution in [1.82, 2.24) is 0 Å². The molecule has 0 atom stereocenters. The van der Waals surface area contributed by atoms with Crippen LogP contribution in [0.15, 0.2) is 11.1 Å². The second kappa shape index (κ2) is 3.62. The quantitative estimate of drug-likeness (QED) is 0.475. The van der Waals surface area contributed by atoms with Crippen LogP contribution in [0.1, 0.15) is 27.2 Å². The highest BCUT2D eigenvalue weighted by atomic mass is 32.1. The molecule has 0 radical (unpaired) electrons. The van der Waals surface area contributed by atoms with E-state index in [1.54, 1.807) is 0 Å². The molecule has 9 heavy (non-hydrogen) atoms. The Balaban J connectivity index is 4.35. The molecule has 0 bridgehead atoms. The molecule has 0 aromatic rings. The first-order chi connectivity index (χ1) is 4.09. The summed E-state index contributed by atoms with van der Waals surface area (Å²) < 4.78 is 0. The summed E-state index contributed by atoms with van der Waals surface area (Å²) in [4.78, 5) is 0. The van der Waals surface area contributed by atoms with E-state index in [4.69, 9.17) is 5.11 Å². The van der Waals surface area contributed by atoms with E-state index in [0.29, 0.717) is 0 Å². The fraction of sp³-hybridized carbons (Fsp3) is 0.571. The van der Waals surface area contributed by atoms with Gasteiger partial charge in [-0.1, -0.05) is 12.5 Å². The van der Waals surface area contributed by atoms with Gasteiger partial charge in [0.25, 0.3) is 0 Å². The van der Waals surface area contributed by atoms with E-state index in [-0.39, 0.29) is 5.05 Å². The summed E-state index contributed by atoms with van der Waals surface area (Å²) in [7, 11) is 0. The maximum absolute atomic E-state index is 8.86. The number of allylic oxidation sites excluding steroid dienone is 1. The van der Waals surface area contributed by atoms with Crippen LogP contribution in [0.2, 0.25) is 0 Å². The van der Waals surface area contributed by atoms with Gasteiger partial charge in [0.2, 0.25) is 0 Å². The third-order valence-corrected chi connectivity index (χ3v) is 1.46. The van der Waals surface area contributed by atoms with E-state index in [0.717, 1.165) is 17.6 Å². The molecule has 0 fully saturated rings. The molecule has 0 aliphatic carbocycles. The fourth-order valence-electron chi connectivity index (χ4n) is 0.719. The fourth-order valence-corrected chi connectivity index (χ4v) is 1.07. The molecule has 0 saturated heterocycles. The van der Waals surface area contributed by atoms with E-state index in [9.17, 15) is 0 Å². The SMILES string of the molecule is CCC(C(O)=S)=C(C)C. The molecule has 0 spiro atoms. The molecule has 0 aliphatic heterocycles. The molecule has 0 aromatic carbocycles. The first-order valence-electron chi connectivity index (χ1n) is 2.99. The maximum atomic E-state index is 8.86. The van der Waals surface area contributed by atoms with E-state index in [1.165, 1.54) is 0 Å². The van der Waals surface area contributed by atoms with Crippen LogP contribution < -0.4 is 0 Å². The van der Waals surface area contributed by atoms with E-state index < -0.39 is 0 Å². The van der Waals surface area contributed by atoms with Crippen molar-refractivity contribution in [2.45, 2.75) is 27.2 Å². The Kier molecular flexibility index (Phi) is 3.47. The zero-order valence-corrected chi connectivity index (χ0v) is 6.88. The molecule has 1 nitrogen and oxygen atoms in total. The Bertz CT molecular complexity index is 143. The average molecular weight is 144 g/mol. The molecule has 0 heterocycles. The summed E-state index contributed by atoms with van der Waals surface area (Å²) in [5.41, 5.74) is 2.00. The van der Waals surface area contributed by atoms with Crippen molar-refractivity contribution in [3.8, 4) is 0 Å². The highest BCUT2D eigenvalue weighted by Gasteiger charge is 1.99. The zero-order valence-electron chi connectivity index (χ0n) is 6.06. The largest absolute Gasteiger partial charge is 0.499 e. The first kappa shape index (κ1) is 8.63. The van der Waals surface area contributed by atoms with E-state index in [2.05, 4.69) is 12.2 Å². The molecule has 0 amide bonds. The number of thiocarbonyl (C=S) groups is 1. The highest BCUT2D eigenvalue weighted by Crippen LogP contribution is 2.08. The van der Waals surface area contributed by atoms with Crippen LogP contribution in [0.5, 0.6) is 0 Å². The zero-order chi connectivity index (χ0) is 7.44. The van der Waals surface area contributed by atoms with Crippen LogP contribution in [-0.4, -0.2) is 10.2 Å². The molecule has 52 valence electrons. The smallest absolute Gasteiger partial charge is 0.184 e. The topological polar surface area (TPSA) is 20.2 Å². The number of rotatable bonds is 2. The summed E-state index contributed by atoms with van der Waals surface area (Å²) in [6.07, 6.45) is 0.817. The van der Waals surface area contributed by atoms with Crippen molar-refractivity contribution in [1.29, 1.82) is 0 Å². The van der Waals surface area contributed by atoms with Crippen LogP contribution in [-0.2, 0) is 0 Å². The minimum Gasteiger partial charge on any atom is -0.499 e. The molecule has 2 heteroatoms. The number of hydrogen-bond donors (Lipinski definition) is 1. The molecule has 0 aliphatic rings. The minimum absolute atomic E-state index is 0.0394. The van der Waals surface area contributed by atoms with Gasteiger partial charge in [0.05, 0.1) is 0 Å². The Morgan fingerprint density at radius 1 is 1.44 bits per heavy atom. The molecule has 1 N–H and O–H groups in total. The van der Waals surface area contributed by atoms with Gasteiger partial charge in [-0.2, -0.15) is 0 Å². The summed E-state index contributed by atoms with van der Waals surface area (Å²) in [5, 5.41) is 8.90. The van der Waals surface area contributed by atoms with Crippen LogP contribution >= 0.6 is 12.2 Å². The normalized spacial score (nSPS) is 8.78. The number of aliphatic hydroxyl groups excluding tert-OH is 1. The van der Waals surface area contributed by atoms with E-state index in [1.807, 2.05) is 20.8 Å². The van der Waals surface area contributed by atoms with E-state index >= 15 is 0 Å². The maximum Gasteiger partial charge on any atom is 0.184 e. The van der Waals surface area contributed by atoms with Crippen molar-refractivity contribution in [2.24, 2.45) is 0 Å². The van der Waals surface area contributed by atoms with Gasteiger partial charge in [-0.25, -0.2) is 0 Å². The Labute approximate surface area is 61.4 Å². The van der Waals surface area contributed by atoms with Gasteiger partial charge in [-0.15, -0.1) is 0 Å². The van der Waals surface area contributed by atoms with Crippen LogP contribution in [0.3, 0.4) is 0 Å². The minimum atomic E-state index is 0.0394. The Morgan fingerprint density at radius 3 is 1.89 bits per heavy atom. The lowest BCUT2D eigenvalue weighted by Crippen LogP contribution is -1.97. The molecule has 0 rings (SSSR count). The lowest BCUT2D eigenvalue weighted by Gasteiger charge is -2.01. The number of hydrogen-bond acceptors (Lipinski definition) is 1.